The summed E-state index contributed by atoms with van der Waals surface area (Å²) in [6.45, 7) is 6.48. The van der Waals surface area contributed by atoms with Gasteiger partial charge in [0.25, 0.3) is 0 Å². The van der Waals surface area contributed by atoms with Crippen LogP contribution in [0.25, 0.3) is 0 Å². The van der Waals surface area contributed by atoms with E-state index < -0.39 is 0 Å². The first-order valence-corrected chi connectivity index (χ1v) is 7.98. The van der Waals surface area contributed by atoms with E-state index in [0.29, 0.717) is 5.92 Å². The van der Waals surface area contributed by atoms with E-state index in [1.165, 1.54) is 16.7 Å². The molecule has 0 saturated carbocycles. The van der Waals surface area contributed by atoms with E-state index in [9.17, 15) is 0 Å². The molecular formula is C20H27NO. The number of nitrogens with two attached hydrogens (primary N) is 1. The zero-order valence-electron chi connectivity index (χ0n) is 14.0. The van der Waals surface area contributed by atoms with Crippen molar-refractivity contribution in [2.75, 3.05) is 7.11 Å². The van der Waals surface area contributed by atoms with E-state index in [2.05, 4.69) is 69.3 Å². The Kier molecular flexibility index (Phi) is 5.62. The van der Waals surface area contributed by atoms with Crippen LogP contribution in [0.2, 0.25) is 0 Å². The fourth-order valence-corrected chi connectivity index (χ4v) is 2.80. The first-order valence-electron chi connectivity index (χ1n) is 7.98. The highest BCUT2D eigenvalue weighted by Crippen LogP contribution is 2.36. The smallest absolute Gasteiger partial charge is 0.122 e. The van der Waals surface area contributed by atoms with Crippen LogP contribution in [-0.2, 0) is 0 Å². The minimum atomic E-state index is 0.162. The summed E-state index contributed by atoms with van der Waals surface area (Å²) < 4.78 is 5.60. The van der Waals surface area contributed by atoms with Crippen molar-refractivity contribution in [1.82, 2.24) is 0 Å². The predicted molar refractivity (Wildman–Crippen MR) is 93.4 cm³/mol. The lowest BCUT2D eigenvalue weighted by atomic mass is 9.82. The van der Waals surface area contributed by atoms with E-state index in [4.69, 9.17) is 10.5 Å². The van der Waals surface area contributed by atoms with Gasteiger partial charge in [0.2, 0.25) is 0 Å². The minimum absolute atomic E-state index is 0.162. The molecular weight excluding hydrogens is 270 g/mol. The summed E-state index contributed by atoms with van der Waals surface area (Å²) in [5.41, 5.74) is 10.1. The lowest BCUT2D eigenvalue weighted by molar-refractivity contribution is 0.398. The second-order valence-corrected chi connectivity index (χ2v) is 6.35. The van der Waals surface area contributed by atoms with Crippen molar-refractivity contribution < 1.29 is 4.74 Å². The van der Waals surface area contributed by atoms with Crippen molar-refractivity contribution in [2.24, 2.45) is 11.7 Å². The predicted octanol–water partition coefficient (Wildman–Crippen LogP) is 4.51. The number of aryl methyl sites for hydroxylation is 1. The molecule has 0 saturated heterocycles. The van der Waals surface area contributed by atoms with Crippen LogP contribution >= 0.6 is 0 Å². The molecule has 2 aromatic rings. The van der Waals surface area contributed by atoms with Crippen LogP contribution in [0, 0.1) is 12.8 Å². The average molecular weight is 297 g/mol. The zero-order valence-corrected chi connectivity index (χ0v) is 14.0. The maximum absolute atomic E-state index is 6.38. The molecule has 22 heavy (non-hydrogen) atoms. The Morgan fingerprint density at radius 1 is 1.05 bits per heavy atom. The molecule has 2 unspecified atom stereocenters. The normalized spacial score (nSPS) is 13.9. The molecule has 0 aliphatic carbocycles. The van der Waals surface area contributed by atoms with Gasteiger partial charge in [0.05, 0.1) is 7.11 Å². The summed E-state index contributed by atoms with van der Waals surface area (Å²) in [6, 6.07) is 17.1. The van der Waals surface area contributed by atoms with E-state index in [-0.39, 0.29) is 12.0 Å². The van der Waals surface area contributed by atoms with E-state index in [1.54, 1.807) is 7.11 Å². The van der Waals surface area contributed by atoms with Crippen molar-refractivity contribution in [3.8, 4) is 5.75 Å². The molecule has 2 N–H and O–H groups in total. The van der Waals surface area contributed by atoms with Gasteiger partial charge in [0.15, 0.2) is 0 Å². The summed E-state index contributed by atoms with van der Waals surface area (Å²) in [4.78, 5) is 0. The second-order valence-electron chi connectivity index (χ2n) is 6.35. The molecule has 2 nitrogen and oxygen atoms in total. The highest BCUT2D eigenvalue weighted by atomic mass is 16.5. The third kappa shape index (κ3) is 3.89. The lowest BCUT2D eigenvalue weighted by Crippen LogP contribution is -2.29. The van der Waals surface area contributed by atoms with Gasteiger partial charge in [0, 0.05) is 17.5 Å². The molecule has 2 atom stereocenters. The third-order valence-corrected chi connectivity index (χ3v) is 4.33. The summed E-state index contributed by atoms with van der Waals surface area (Å²) >= 11 is 0. The molecule has 0 aromatic heterocycles. The molecule has 0 heterocycles. The summed E-state index contributed by atoms with van der Waals surface area (Å²) in [5.74, 6) is 1.66. The molecule has 118 valence electrons. The molecule has 0 aliphatic heterocycles. The van der Waals surface area contributed by atoms with Gasteiger partial charge < -0.3 is 10.5 Å². The molecule has 0 aliphatic rings. The Balaban J connectivity index is 2.46. The van der Waals surface area contributed by atoms with E-state index in [0.717, 1.165) is 12.2 Å². The molecule has 2 heteroatoms. The molecule has 0 amide bonds. The minimum Gasteiger partial charge on any atom is -0.496 e. The quantitative estimate of drug-likeness (QED) is 0.851. The van der Waals surface area contributed by atoms with Gasteiger partial charge in [-0.1, -0.05) is 61.9 Å². The van der Waals surface area contributed by atoms with Gasteiger partial charge in [-0.05, 0) is 30.9 Å². The van der Waals surface area contributed by atoms with Gasteiger partial charge in [0.1, 0.15) is 5.75 Å². The molecule has 0 bridgehead atoms. The number of rotatable bonds is 6. The fourth-order valence-electron chi connectivity index (χ4n) is 2.80. The zero-order chi connectivity index (χ0) is 16.1. The topological polar surface area (TPSA) is 35.2 Å². The second kappa shape index (κ2) is 7.46. The average Bonchev–Trinajstić information content (AvgIpc) is 2.53. The van der Waals surface area contributed by atoms with Gasteiger partial charge in [-0.15, -0.1) is 0 Å². The Morgan fingerprint density at radius 3 is 2.32 bits per heavy atom. The highest BCUT2D eigenvalue weighted by Gasteiger charge is 2.22. The van der Waals surface area contributed by atoms with Crippen molar-refractivity contribution >= 4 is 0 Å². The summed E-state index contributed by atoms with van der Waals surface area (Å²) in [5, 5.41) is 0. The monoisotopic (exact) mass is 297 g/mol. The van der Waals surface area contributed by atoms with Crippen LogP contribution in [0.5, 0.6) is 5.75 Å². The SMILES string of the molecule is COc1ccc(C)cc1C(CC(N)C(C)C)c1ccccc1. The first kappa shape index (κ1) is 16.6. The number of ether oxygens (including phenoxy) is 1. The third-order valence-electron chi connectivity index (χ3n) is 4.33. The van der Waals surface area contributed by atoms with Gasteiger partial charge >= 0.3 is 0 Å². The highest BCUT2D eigenvalue weighted by molar-refractivity contribution is 5.44. The number of hydrogen-bond donors (Lipinski definition) is 1. The van der Waals surface area contributed by atoms with Crippen LogP contribution in [0.3, 0.4) is 0 Å². The first-order chi connectivity index (χ1) is 10.5. The van der Waals surface area contributed by atoms with Gasteiger partial charge in [-0.2, -0.15) is 0 Å². The summed E-state index contributed by atoms with van der Waals surface area (Å²) in [6.07, 6.45) is 0.918. The maximum atomic E-state index is 6.38. The Bertz CT molecular complexity index is 592. The maximum Gasteiger partial charge on any atom is 0.122 e. The van der Waals surface area contributed by atoms with Crippen molar-refractivity contribution in [1.29, 1.82) is 0 Å². The number of hydrogen-bond acceptors (Lipinski definition) is 2. The fraction of sp³-hybridized carbons (Fsp3) is 0.400. The van der Waals surface area contributed by atoms with Crippen LogP contribution < -0.4 is 10.5 Å². The van der Waals surface area contributed by atoms with Crippen molar-refractivity contribution in [2.45, 2.75) is 39.2 Å². The van der Waals surface area contributed by atoms with E-state index >= 15 is 0 Å². The molecule has 2 aromatic carbocycles. The van der Waals surface area contributed by atoms with Crippen molar-refractivity contribution in [3.05, 3.63) is 65.2 Å². The van der Waals surface area contributed by atoms with Gasteiger partial charge in [-0.25, -0.2) is 0 Å². The largest absolute Gasteiger partial charge is 0.496 e. The van der Waals surface area contributed by atoms with Gasteiger partial charge in [-0.3, -0.25) is 0 Å². The lowest BCUT2D eigenvalue weighted by Gasteiger charge is -2.26. The standard InChI is InChI=1S/C20H27NO/c1-14(2)19(21)13-17(16-8-6-5-7-9-16)18-12-15(3)10-11-20(18)22-4/h5-12,14,17,19H,13,21H2,1-4H3. The summed E-state index contributed by atoms with van der Waals surface area (Å²) in [7, 11) is 1.73. The van der Waals surface area contributed by atoms with E-state index in [1.807, 2.05) is 0 Å². The molecule has 0 spiro atoms. The van der Waals surface area contributed by atoms with Crippen LogP contribution in [0.4, 0.5) is 0 Å². The number of benzene rings is 2. The number of methoxy groups -OCH3 is 1. The van der Waals surface area contributed by atoms with Crippen LogP contribution in [0.1, 0.15) is 42.9 Å². The molecule has 0 radical (unpaired) electrons. The van der Waals surface area contributed by atoms with Crippen LogP contribution in [-0.4, -0.2) is 13.2 Å². The Labute approximate surface area is 134 Å². The van der Waals surface area contributed by atoms with Crippen LogP contribution in [0.15, 0.2) is 48.5 Å². The molecule has 0 fully saturated rings. The Morgan fingerprint density at radius 2 is 1.73 bits per heavy atom. The molecule has 2 rings (SSSR count). The Hall–Kier alpha value is -1.80. The van der Waals surface area contributed by atoms with Crippen molar-refractivity contribution in [3.63, 3.8) is 0 Å².